The Morgan fingerprint density at radius 1 is 0.667 bits per heavy atom. The van der Waals surface area contributed by atoms with Crippen LogP contribution in [0, 0.1) is 0 Å². The van der Waals surface area contributed by atoms with Crippen molar-refractivity contribution in [2.75, 3.05) is 26.2 Å². The molecule has 0 rings (SSSR count). The van der Waals surface area contributed by atoms with Crippen LogP contribution in [0.15, 0.2) is 12.2 Å². The molecule has 0 aliphatic rings. The molecule has 0 bridgehead atoms. The number of hydrogen-bond acceptors (Lipinski definition) is 3. The highest BCUT2D eigenvalue weighted by Gasteiger charge is 2.29. The maximum Gasteiger partial charge on any atom is 0.309 e. The van der Waals surface area contributed by atoms with Gasteiger partial charge in [0.2, 0.25) is 0 Å². The van der Waals surface area contributed by atoms with Gasteiger partial charge in [-0.3, -0.25) is 14.4 Å². The SMILES string of the molecule is CC/C=C/CCCCCCC[N+](CCC(=O)O)(CCC(=O)O)CCC(=O)O. The molecule has 0 aromatic heterocycles. The number of unbranched alkanes of at least 4 members (excludes halogenated alkanes) is 5. The van der Waals surface area contributed by atoms with Gasteiger partial charge in [-0.05, 0) is 32.1 Å². The van der Waals surface area contributed by atoms with E-state index < -0.39 is 17.9 Å². The van der Waals surface area contributed by atoms with Crippen LogP contribution in [-0.2, 0) is 14.4 Å². The number of carboxylic acid groups (broad SMARTS) is 3. The first kappa shape index (κ1) is 25.1. The molecule has 7 heteroatoms. The fourth-order valence-corrected chi connectivity index (χ4v) is 3.19. The van der Waals surface area contributed by atoms with Crippen LogP contribution < -0.4 is 0 Å². The van der Waals surface area contributed by atoms with E-state index in [1.54, 1.807) is 0 Å². The van der Waals surface area contributed by atoms with Gasteiger partial charge in [-0.1, -0.05) is 31.9 Å². The van der Waals surface area contributed by atoms with Crippen LogP contribution in [0.5, 0.6) is 0 Å². The molecular weight excluding hydrogens is 350 g/mol. The summed E-state index contributed by atoms with van der Waals surface area (Å²) < 4.78 is 0.254. The van der Waals surface area contributed by atoms with E-state index in [2.05, 4.69) is 19.1 Å². The van der Waals surface area contributed by atoms with Crippen molar-refractivity contribution in [1.82, 2.24) is 0 Å². The lowest BCUT2D eigenvalue weighted by Gasteiger charge is -2.38. The Balaban J connectivity index is 4.58. The number of nitrogens with zero attached hydrogens (tertiary/aromatic N) is 1. The Morgan fingerprint density at radius 2 is 1.11 bits per heavy atom. The van der Waals surface area contributed by atoms with Gasteiger partial charge >= 0.3 is 17.9 Å². The van der Waals surface area contributed by atoms with Gasteiger partial charge in [0.15, 0.2) is 0 Å². The number of aliphatic carboxylic acids is 3. The normalized spacial score (nSPS) is 11.7. The van der Waals surface area contributed by atoms with Gasteiger partial charge in [0, 0.05) is 0 Å². The van der Waals surface area contributed by atoms with Crippen LogP contribution in [0.25, 0.3) is 0 Å². The highest BCUT2D eigenvalue weighted by atomic mass is 16.4. The molecule has 156 valence electrons. The molecule has 0 spiro atoms. The second-order valence-corrected chi connectivity index (χ2v) is 7.10. The first-order chi connectivity index (χ1) is 12.8. The van der Waals surface area contributed by atoms with E-state index in [4.69, 9.17) is 15.3 Å². The summed E-state index contributed by atoms with van der Waals surface area (Å²) in [5.41, 5.74) is 0. The number of carbonyl (C=O) groups is 3. The molecule has 0 heterocycles. The van der Waals surface area contributed by atoms with E-state index in [1.807, 2.05) is 0 Å². The van der Waals surface area contributed by atoms with Gasteiger partial charge in [0.1, 0.15) is 0 Å². The zero-order chi connectivity index (χ0) is 20.5. The molecule has 0 aromatic rings. The zero-order valence-electron chi connectivity index (χ0n) is 16.6. The Labute approximate surface area is 162 Å². The molecule has 0 saturated heterocycles. The topological polar surface area (TPSA) is 112 Å². The van der Waals surface area contributed by atoms with Crippen molar-refractivity contribution in [3.63, 3.8) is 0 Å². The van der Waals surface area contributed by atoms with Gasteiger partial charge in [-0.2, -0.15) is 0 Å². The molecular formula is C20H36NO6+. The predicted octanol–water partition coefficient (Wildman–Crippen LogP) is 3.53. The van der Waals surface area contributed by atoms with Crippen molar-refractivity contribution in [2.45, 2.75) is 71.1 Å². The Bertz CT molecular complexity index is 430. The average molecular weight is 387 g/mol. The number of hydrogen-bond donors (Lipinski definition) is 3. The predicted molar refractivity (Wildman–Crippen MR) is 104 cm³/mol. The number of allylic oxidation sites excluding steroid dienone is 2. The second-order valence-electron chi connectivity index (χ2n) is 7.10. The quantitative estimate of drug-likeness (QED) is 0.189. The maximum absolute atomic E-state index is 11.0. The molecule has 0 aromatic carbocycles. The van der Waals surface area contributed by atoms with E-state index in [0.717, 1.165) is 44.9 Å². The number of rotatable bonds is 18. The molecule has 0 fully saturated rings. The molecule has 27 heavy (non-hydrogen) atoms. The van der Waals surface area contributed by atoms with Crippen LogP contribution in [0.1, 0.15) is 71.1 Å². The fraction of sp³-hybridized carbons (Fsp3) is 0.750. The van der Waals surface area contributed by atoms with Crippen LogP contribution >= 0.6 is 0 Å². The van der Waals surface area contributed by atoms with Crippen molar-refractivity contribution < 1.29 is 34.2 Å². The molecule has 0 saturated carbocycles. The first-order valence-electron chi connectivity index (χ1n) is 9.97. The number of carboxylic acids is 3. The second kappa shape index (κ2) is 15.2. The lowest BCUT2D eigenvalue weighted by atomic mass is 10.1. The summed E-state index contributed by atoms with van der Waals surface area (Å²) in [6, 6.07) is 0. The van der Waals surface area contributed by atoms with Crippen molar-refractivity contribution in [3.8, 4) is 0 Å². The smallest absolute Gasteiger partial charge is 0.309 e. The van der Waals surface area contributed by atoms with Crippen molar-refractivity contribution in [3.05, 3.63) is 12.2 Å². The van der Waals surface area contributed by atoms with Crippen LogP contribution in [-0.4, -0.2) is 63.9 Å². The third-order valence-electron chi connectivity index (χ3n) is 4.81. The molecule has 3 N–H and O–H groups in total. The van der Waals surface area contributed by atoms with Crippen molar-refractivity contribution in [1.29, 1.82) is 0 Å². The Kier molecular flexibility index (Phi) is 14.1. The van der Waals surface area contributed by atoms with Crippen LogP contribution in [0.4, 0.5) is 0 Å². The summed E-state index contributed by atoms with van der Waals surface area (Å²) in [4.78, 5) is 33.0. The minimum absolute atomic E-state index is 0.0804. The Morgan fingerprint density at radius 3 is 1.56 bits per heavy atom. The lowest BCUT2D eigenvalue weighted by Crippen LogP contribution is -2.52. The van der Waals surface area contributed by atoms with Gasteiger partial charge in [0.25, 0.3) is 0 Å². The van der Waals surface area contributed by atoms with E-state index in [-0.39, 0.29) is 43.4 Å². The molecule has 0 atom stereocenters. The summed E-state index contributed by atoms with van der Waals surface area (Å²) in [6.07, 6.45) is 11.5. The summed E-state index contributed by atoms with van der Waals surface area (Å²) in [5, 5.41) is 27.0. The lowest BCUT2D eigenvalue weighted by molar-refractivity contribution is -0.927. The summed E-state index contributed by atoms with van der Waals surface area (Å²) in [6.45, 7) is 3.57. The summed E-state index contributed by atoms with van der Waals surface area (Å²) in [7, 11) is 0. The third-order valence-corrected chi connectivity index (χ3v) is 4.81. The molecule has 0 radical (unpaired) electrons. The standard InChI is InChI=1S/C20H35NO6/c1-2-3-4-5-6-7-8-9-10-14-21(15-11-18(22)23,16-12-19(24)25)17-13-20(26)27/h3-4H,2,5-17H2,1H3,(H2-,22,23,24,25,26,27)/p+1/b4-3+. The molecule has 7 nitrogen and oxygen atoms in total. The maximum atomic E-state index is 11.0. The molecule has 0 aliphatic carbocycles. The largest absolute Gasteiger partial charge is 0.481 e. The van der Waals surface area contributed by atoms with E-state index in [1.165, 1.54) is 0 Å². The van der Waals surface area contributed by atoms with Gasteiger partial charge in [-0.25, -0.2) is 0 Å². The average Bonchev–Trinajstić information content (AvgIpc) is 2.61. The minimum Gasteiger partial charge on any atom is -0.481 e. The van der Waals surface area contributed by atoms with Gasteiger partial charge < -0.3 is 19.8 Å². The molecule has 0 aliphatic heterocycles. The fourth-order valence-electron chi connectivity index (χ4n) is 3.19. The van der Waals surface area contributed by atoms with Crippen LogP contribution in [0.3, 0.4) is 0 Å². The van der Waals surface area contributed by atoms with Crippen LogP contribution in [0.2, 0.25) is 0 Å². The monoisotopic (exact) mass is 386 g/mol. The summed E-state index contributed by atoms with van der Waals surface area (Å²) in [5.74, 6) is -2.82. The zero-order valence-corrected chi connectivity index (χ0v) is 16.6. The number of quaternary nitrogens is 1. The first-order valence-corrected chi connectivity index (χ1v) is 9.97. The van der Waals surface area contributed by atoms with Crippen molar-refractivity contribution in [2.24, 2.45) is 0 Å². The van der Waals surface area contributed by atoms with Gasteiger partial charge in [0.05, 0.1) is 45.4 Å². The minimum atomic E-state index is -0.941. The van der Waals surface area contributed by atoms with Gasteiger partial charge in [-0.15, -0.1) is 0 Å². The Hall–Kier alpha value is -1.89. The van der Waals surface area contributed by atoms with E-state index in [0.29, 0.717) is 6.54 Å². The van der Waals surface area contributed by atoms with Crippen molar-refractivity contribution >= 4 is 17.9 Å². The van der Waals surface area contributed by atoms with E-state index in [9.17, 15) is 14.4 Å². The highest BCUT2D eigenvalue weighted by molar-refractivity contribution is 5.67. The highest BCUT2D eigenvalue weighted by Crippen LogP contribution is 2.16. The third kappa shape index (κ3) is 14.9. The summed E-state index contributed by atoms with van der Waals surface area (Å²) >= 11 is 0. The molecule has 0 unspecified atom stereocenters. The van der Waals surface area contributed by atoms with E-state index >= 15 is 0 Å². The molecule has 0 amide bonds.